The minimum absolute atomic E-state index is 0.0822. The van der Waals surface area contributed by atoms with Gasteiger partial charge in [-0.2, -0.15) is 0 Å². The van der Waals surface area contributed by atoms with E-state index in [-0.39, 0.29) is 5.69 Å². The van der Waals surface area contributed by atoms with Crippen molar-refractivity contribution in [1.82, 2.24) is 4.98 Å². The van der Waals surface area contributed by atoms with Crippen LogP contribution in [0.4, 0.5) is 11.4 Å². The van der Waals surface area contributed by atoms with Crippen LogP contribution in [0.3, 0.4) is 0 Å². The molecule has 3 aromatic rings. The number of nitro benzene ring substituents is 1. The Labute approximate surface area is 174 Å². The number of anilines is 1. The summed E-state index contributed by atoms with van der Waals surface area (Å²) in [5.41, 5.74) is 3.33. The highest BCUT2D eigenvalue weighted by atomic mass is 32.2. The Morgan fingerprint density at radius 2 is 1.93 bits per heavy atom. The van der Waals surface area contributed by atoms with Gasteiger partial charge in [0, 0.05) is 33.8 Å². The molecule has 3 rings (SSSR count). The lowest BCUT2D eigenvalue weighted by molar-refractivity contribution is -0.384. The zero-order chi connectivity index (χ0) is 20.6. The molecule has 1 heterocycles. The van der Waals surface area contributed by atoms with Crippen molar-refractivity contribution in [1.29, 1.82) is 0 Å². The fourth-order valence-electron chi connectivity index (χ4n) is 2.29. The van der Waals surface area contributed by atoms with E-state index in [9.17, 15) is 19.7 Å². The van der Waals surface area contributed by atoms with E-state index in [4.69, 9.17) is 4.74 Å². The smallest absolute Gasteiger partial charge is 0.339 e. The number of nitro groups is 1. The molecule has 0 spiro atoms. The van der Waals surface area contributed by atoms with Gasteiger partial charge in [-0.3, -0.25) is 14.9 Å². The number of carbonyl (C=O) groups excluding carboxylic acids is 2. The monoisotopic (exact) mass is 429 g/mol. The molecule has 0 bridgehead atoms. The summed E-state index contributed by atoms with van der Waals surface area (Å²) in [5.74, 6) is -0.529. The van der Waals surface area contributed by atoms with E-state index in [1.807, 2.05) is 17.5 Å². The van der Waals surface area contributed by atoms with E-state index in [0.717, 1.165) is 10.6 Å². The van der Waals surface area contributed by atoms with Gasteiger partial charge in [0.15, 0.2) is 6.61 Å². The van der Waals surface area contributed by atoms with Crippen LogP contribution >= 0.6 is 23.1 Å². The van der Waals surface area contributed by atoms with Crippen molar-refractivity contribution in [2.24, 2.45) is 0 Å². The van der Waals surface area contributed by atoms with Crippen LogP contribution in [0.25, 0.3) is 0 Å². The van der Waals surface area contributed by atoms with Crippen LogP contribution in [0.2, 0.25) is 0 Å². The van der Waals surface area contributed by atoms with Crippen molar-refractivity contribution in [2.45, 2.75) is 10.6 Å². The lowest BCUT2D eigenvalue weighted by Crippen LogP contribution is -2.21. The number of hydrogen-bond donors (Lipinski definition) is 1. The lowest BCUT2D eigenvalue weighted by atomic mass is 10.2. The van der Waals surface area contributed by atoms with Crippen LogP contribution in [0.5, 0.6) is 0 Å². The van der Waals surface area contributed by atoms with E-state index in [0.29, 0.717) is 17.0 Å². The van der Waals surface area contributed by atoms with E-state index in [1.54, 1.807) is 17.6 Å². The molecule has 0 aliphatic rings. The number of nitrogens with zero attached hydrogens (tertiary/aromatic N) is 2. The molecule has 2 aromatic carbocycles. The second-order valence-corrected chi connectivity index (χ2v) is 7.43. The standard InChI is InChI=1S/C19H15N3O5S2/c23-18(21-13-5-7-15(8-6-13)22(25)26)9-27-19(24)16-3-1-2-4-17(16)29-11-14-10-28-12-20-14/h1-8,10,12H,9,11H2,(H,21,23). The molecular weight excluding hydrogens is 414 g/mol. The summed E-state index contributed by atoms with van der Waals surface area (Å²) in [6.07, 6.45) is 0. The number of nitrogens with one attached hydrogen (secondary N) is 1. The van der Waals surface area contributed by atoms with Crippen LogP contribution in [-0.2, 0) is 15.3 Å². The van der Waals surface area contributed by atoms with Crippen molar-refractivity contribution >= 4 is 46.3 Å². The second-order valence-electron chi connectivity index (χ2n) is 5.69. The molecule has 0 saturated carbocycles. The largest absolute Gasteiger partial charge is 0.452 e. The molecule has 0 saturated heterocycles. The summed E-state index contributed by atoms with van der Waals surface area (Å²) in [6.45, 7) is -0.471. The summed E-state index contributed by atoms with van der Waals surface area (Å²) >= 11 is 2.97. The average Bonchev–Trinajstić information content (AvgIpc) is 3.25. The molecule has 0 aliphatic heterocycles. The zero-order valence-corrected chi connectivity index (χ0v) is 16.6. The van der Waals surface area contributed by atoms with Gasteiger partial charge in [-0.1, -0.05) is 12.1 Å². The molecule has 29 heavy (non-hydrogen) atoms. The average molecular weight is 429 g/mol. The third kappa shape index (κ3) is 5.87. The number of aromatic nitrogens is 1. The molecule has 148 valence electrons. The Kier molecular flexibility index (Phi) is 6.93. The number of thiazole rings is 1. The number of carbonyl (C=O) groups is 2. The highest BCUT2D eigenvalue weighted by Crippen LogP contribution is 2.26. The van der Waals surface area contributed by atoms with Crippen LogP contribution in [0.15, 0.2) is 64.3 Å². The molecule has 0 aliphatic carbocycles. The van der Waals surface area contributed by atoms with Crippen LogP contribution < -0.4 is 5.32 Å². The van der Waals surface area contributed by atoms with Crippen molar-refractivity contribution in [2.75, 3.05) is 11.9 Å². The predicted molar refractivity (Wildman–Crippen MR) is 110 cm³/mol. The third-order valence-corrected chi connectivity index (χ3v) is 5.40. The number of thioether (sulfide) groups is 1. The Morgan fingerprint density at radius 3 is 2.62 bits per heavy atom. The summed E-state index contributed by atoms with van der Waals surface area (Å²) in [5, 5.41) is 15.1. The molecule has 8 nitrogen and oxygen atoms in total. The summed E-state index contributed by atoms with van der Waals surface area (Å²) in [7, 11) is 0. The van der Waals surface area contributed by atoms with Crippen molar-refractivity contribution < 1.29 is 19.2 Å². The van der Waals surface area contributed by atoms with Gasteiger partial charge in [-0.05, 0) is 24.3 Å². The SMILES string of the molecule is O=C(COC(=O)c1ccccc1SCc1cscn1)Nc1ccc([N+](=O)[O-])cc1. The van der Waals surface area contributed by atoms with Crippen LogP contribution in [-0.4, -0.2) is 28.4 Å². The fourth-order valence-corrected chi connectivity index (χ4v) is 3.90. The number of hydrogen-bond acceptors (Lipinski definition) is 8. The molecular formula is C19H15N3O5S2. The van der Waals surface area contributed by atoms with E-state index < -0.39 is 23.4 Å². The molecule has 1 amide bonds. The first-order chi connectivity index (χ1) is 14.0. The maximum absolute atomic E-state index is 12.4. The van der Waals surface area contributed by atoms with Gasteiger partial charge in [-0.25, -0.2) is 9.78 Å². The van der Waals surface area contributed by atoms with E-state index in [2.05, 4.69) is 10.3 Å². The zero-order valence-electron chi connectivity index (χ0n) is 14.9. The van der Waals surface area contributed by atoms with Gasteiger partial charge < -0.3 is 10.1 Å². The Bertz CT molecular complexity index is 1010. The molecule has 0 unspecified atom stereocenters. The first-order valence-electron chi connectivity index (χ1n) is 8.33. The number of rotatable bonds is 8. The van der Waals surface area contributed by atoms with Gasteiger partial charge in [0.2, 0.25) is 0 Å². The topological polar surface area (TPSA) is 111 Å². The highest BCUT2D eigenvalue weighted by Gasteiger charge is 2.15. The van der Waals surface area contributed by atoms with Crippen LogP contribution in [0.1, 0.15) is 16.1 Å². The minimum atomic E-state index is -0.606. The van der Waals surface area contributed by atoms with Gasteiger partial charge in [0.05, 0.1) is 21.7 Å². The number of benzene rings is 2. The summed E-state index contributed by atoms with van der Waals surface area (Å²) in [4.78, 5) is 39.5. The quantitative estimate of drug-likeness (QED) is 0.248. The van der Waals surface area contributed by atoms with Gasteiger partial charge in [0.25, 0.3) is 11.6 Å². The Balaban J connectivity index is 1.54. The number of amides is 1. The molecule has 1 aromatic heterocycles. The maximum atomic E-state index is 12.4. The van der Waals surface area contributed by atoms with Gasteiger partial charge >= 0.3 is 5.97 Å². The third-order valence-electron chi connectivity index (χ3n) is 3.66. The second kappa shape index (κ2) is 9.80. The molecule has 10 heteroatoms. The van der Waals surface area contributed by atoms with E-state index >= 15 is 0 Å². The number of ether oxygens (including phenoxy) is 1. The molecule has 0 atom stereocenters. The predicted octanol–water partition coefficient (Wildman–Crippen LogP) is 4.14. The fraction of sp³-hybridized carbons (Fsp3) is 0.105. The van der Waals surface area contributed by atoms with Crippen molar-refractivity contribution in [3.05, 3.63) is 80.8 Å². The molecule has 0 radical (unpaired) electrons. The van der Waals surface area contributed by atoms with E-state index in [1.165, 1.54) is 47.4 Å². The van der Waals surface area contributed by atoms with Crippen LogP contribution in [0, 0.1) is 10.1 Å². The number of non-ortho nitro benzene ring substituents is 1. The maximum Gasteiger partial charge on any atom is 0.339 e. The summed E-state index contributed by atoms with van der Waals surface area (Å²) < 4.78 is 5.12. The van der Waals surface area contributed by atoms with Gasteiger partial charge in [-0.15, -0.1) is 23.1 Å². The molecule has 0 fully saturated rings. The molecule has 1 N–H and O–H groups in total. The normalized spacial score (nSPS) is 10.3. The minimum Gasteiger partial charge on any atom is -0.452 e. The number of esters is 1. The summed E-state index contributed by atoms with van der Waals surface area (Å²) in [6, 6.07) is 12.4. The Hall–Kier alpha value is -3.24. The highest BCUT2D eigenvalue weighted by molar-refractivity contribution is 7.98. The van der Waals surface area contributed by atoms with Crippen molar-refractivity contribution in [3.8, 4) is 0 Å². The van der Waals surface area contributed by atoms with Gasteiger partial charge in [0.1, 0.15) is 0 Å². The van der Waals surface area contributed by atoms with Crippen molar-refractivity contribution in [3.63, 3.8) is 0 Å². The first-order valence-corrected chi connectivity index (χ1v) is 10.3. The lowest BCUT2D eigenvalue weighted by Gasteiger charge is -2.09. The Morgan fingerprint density at radius 1 is 1.17 bits per heavy atom. The first kappa shape index (κ1) is 20.5.